The summed E-state index contributed by atoms with van der Waals surface area (Å²) in [6.45, 7) is 4.99. The van der Waals surface area contributed by atoms with Crippen LogP contribution in [0.15, 0.2) is 48.5 Å². The maximum Gasteiger partial charge on any atom is 0.183 e. The van der Waals surface area contributed by atoms with Gasteiger partial charge in [0.2, 0.25) is 0 Å². The van der Waals surface area contributed by atoms with E-state index in [0.29, 0.717) is 6.54 Å². The maximum absolute atomic E-state index is 5.40. The molecular formula is C20H22N2OS. The fourth-order valence-corrected chi connectivity index (χ4v) is 3.49. The summed E-state index contributed by atoms with van der Waals surface area (Å²) in [5.74, 6) is 0.897. The van der Waals surface area contributed by atoms with E-state index in [1.54, 1.807) is 18.4 Å². The van der Waals surface area contributed by atoms with Gasteiger partial charge in [0.05, 0.1) is 12.8 Å². The Morgan fingerprint density at radius 2 is 1.83 bits per heavy atom. The highest BCUT2D eigenvalue weighted by Crippen LogP contribution is 2.31. The molecule has 1 heterocycles. The number of aromatic nitrogens is 1. The van der Waals surface area contributed by atoms with Gasteiger partial charge >= 0.3 is 0 Å². The number of anilines is 1. The van der Waals surface area contributed by atoms with E-state index < -0.39 is 0 Å². The highest BCUT2D eigenvalue weighted by atomic mass is 32.1. The molecule has 1 N–H and O–H groups in total. The van der Waals surface area contributed by atoms with Crippen molar-refractivity contribution < 1.29 is 4.74 Å². The summed E-state index contributed by atoms with van der Waals surface area (Å²) in [4.78, 5) is 6.00. The van der Waals surface area contributed by atoms with Gasteiger partial charge in [-0.15, -0.1) is 11.3 Å². The number of hydrogen-bond donors (Lipinski definition) is 1. The van der Waals surface area contributed by atoms with E-state index in [2.05, 4.69) is 49.5 Å². The second kappa shape index (κ2) is 7.49. The second-order valence-electron chi connectivity index (χ2n) is 5.64. The van der Waals surface area contributed by atoms with Gasteiger partial charge in [0, 0.05) is 22.5 Å². The minimum Gasteiger partial charge on any atom is -0.496 e. The lowest BCUT2D eigenvalue weighted by Gasteiger charge is -2.08. The SMILES string of the molecule is CCc1ccc(-c2nc(NCc3ccccc3OC)sc2C)cc1. The highest BCUT2D eigenvalue weighted by molar-refractivity contribution is 7.16. The zero-order valence-electron chi connectivity index (χ0n) is 14.3. The van der Waals surface area contributed by atoms with Crippen LogP contribution in [0.3, 0.4) is 0 Å². The number of methoxy groups -OCH3 is 1. The molecule has 24 heavy (non-hydrogen) atoms. The minimum atomic E-state index is 0.700. The number of nitrogens with zero attached hydrogens (tertiary/aromatic N) is 1. The fourth-order valence-electron chi connectivity index (χ4n) is 2.66. The van der Waals surface area contributed by atoms with Gasteiger partial charge < -0.3 is 10.1 Å². The van der Waals surface area contributed by atoms with Crippen LogP contribution in [0.1, 0.15) is 22.9 Å². The van der Waals surface area contributed by atoms with E-state index >= 15 is 0 Å². The first-order valence-corrected chi connectivity index (χ1v) is 8.95. The molecule has 0 fully saturated rings. The first-order valence-electron chi connectivity index (χ1n) is 8.13. The summed E-state index contributed by atoms with van der Waals surface area (Å²) in [7, 11) is 1.70. The van der Waals surface area contributed by atoms with Crippen molar-refractivity contribution in [2.75, 3.05) is 12.4 Å². The minimum absolute atomic E-state index is 0.700. The van der Waals surface area contributed by atoms with Crippen LogP contribution in [0.5, 0.6) is 5.75 Å². The molecule has 3 rings (SSSR count). The third kappa shape index (κ3) is 3.60. The molecule has 4 heteroatoms. The largest absolute Gasteiger partial charge is 0.496 e. The molecule has 3 nitrogen and oxygen atoms in total. The molecule has 1 aromatic heterocycles. The lowest BCUT2D eigenvalue weighted by atomic mass is 10.1. The number of para-hydroxylation sites is 1. The predicted octanol–water partition coefficient (Wildman–Crippen LogP) is 5.30. The molecule has 0 aliphatic carbocycles. The van der Waals surface area contributed by atoms with Crippen LogP contribution in [0.25, 0.3) is 11.3 Å². The van der Waals surface area contributed by atoms with Gasteiger partial charge in [-0.1, -0.05) is 49.4 Å². The quantitative estimate of drug-likeness (QED) is 0.662. The first kappa shape index (κ1) is 16.5. The number of rotatable bonds is 6. The molecule has 0 amide bonds. The third-order valence-corrected chi connectivity index (χ3v) is 4.98. The molecule has 0 unspecified atom stereocenters. The smallest absolute Gasteiger partial charge is 0.183 e. The molecule has 0 saturated heterocycles. The molecule has 0 spiro atoms. The van der Waals surface area contributed by atoms with E-state index in [0.717, 1.165) is 28.6 Å². The molecule has 0 atom stereocenters. The van der Waals surface area contributed by atoms with Crippen LogP contribution in [-0.2, 0) is 13.0 Å². The van der Waals surface area contributed by atoms with Crippen molar-refractivity contribution in [3.8, 4) is 17.0 Å². The third-order valence-electron chi connectivity index (χ3n) is 4.05. The second-order valence-corrected chi connectivity index (χ2v) is 6.84. The van der Waals surface area contributed by atoms with Crippen LogP contribution in [0.4, 0.5) is 5.13 Å². The lowest BCUT2D eigenvalue weighted by Crippen LogP contribution is -2.01. The number of aryl methyl sites for hydroxylation is 2. The van der Waals surface area contributed by atoms with E-state index in [1.807, 2.05) is 18.2 Å². The predicted molar refractivity (Wildman–Crippen MR) is 102 cm³/mol. The highest BCUT2D eigenvalue weighted by Gasteiger charge is 2.10. The van der Waals surface area contributed by atoms with E-state index in [-0.39, 0.29) is 0 Å². The van der Waals surface area contributed by atoms with Gasteiger partial charge in [-0.2, -0.15) is 0 Å². The summed E-state index contributed by atoms with van der Waals surface area (Å²) in [6.07, 6.45) is 1.06. The lowest BCUT2D eigenvalue weighted by molar-refractivity contribution is 0.410. The van der Waals surface area contributed by atoms with Crippen LogP contribution in [0, 0.1) is 6.92 Å². The van der Waals surface area contributed by atoms with Crippen LogP contribution >= 0.6 is 11.3 Å². The van der Waals surface area contributed by atoms with Crippen molar-refractivity contribution in [2.45, 2.75) is 26.8 Å². The number of ether oxygens (including phenoxy) is 1. The Labute approximate surface area is 147 Å². The van der Waals surface area contributed by atoms with Crippen molar-refractivity contribution in [3.63, 3.8) is 0 Å². The topological polar surface area (TPSA) is 34.2 Å². The standard InChI is InChI=1S/C20H22N2OS/c1-4-15-9-11-16(12-10-15)19-14(2)24-20(22-19)21-13-17-7-5-6-8-18(17)23-3/h5-12H,4,13H2,1-3H3,(H,21,22). The maximum atomic E-state index is 5.40. The number of nitrogens with one attached hydrogen (secondary N) is 1. The average Bonchev–Trinajstić information content (AvgIpc) is 3.01. The van der Waals surface area contributed by atoms with Crippen LogP contribution in [-0.4, -0.2) is 12.1 Å². The Morgan fingerprint density at radius 3 is 2.54 bits per heavy atom. The molecule has 0 aliphatic heterocycles. The Bertz CT molecular complexity index is 809. The summed E-state index contributed by atoms with van der Waals surface area (Å²) < 4.78 is 5.40. The Kier molecular flexibility index (Phi) is 5.16. The average molecular weight is 338 g/mol. The van der Waals surface area contributed by atoms with Gasteiger partial charge in [0.25, 0.3) is 0 Å². The van der Waals surface area contributed by atoms with Gasteiger partial charge in [0.1, 0.15) is 5.75 Å². The van der Waals surface area contributed by atoms with Crippen LogP contribution in [0.2, 0.25) is 0 Å². The molecule has 124 valence electrons. The zero-order chi connectivity index (χ0) is 16.9. The monoisotopic (exact) mass is 338 g/mol. The van der Waals surface area contributed by atoms with Crippen molar-refractivity contribution in [1.29, 1.82) is 0 Å². The van der Waals surface area contributed by atoms with Gasteiger partial charge in [-0.25, -0.2) is 4.98 Å². The molecule has 0 saturated carbocycles. The normalized spacial score (nSPS) is 10.6. The zero-order valence-corrected chi connectivity index (χ0v) is 15.1. The number of hydrogen-bond acceptors (Lipinski definition) is 4. The van der Waals surface area contributed by atoms with E-state index in [4.69, 9.17) is 9.72 Å². The Balaban J connectivity index is 1.76. The fraction of sp³-hybridized carbons (Fsp3) is 0.250. The number of benzene rings is 2. The van der Waals surface area contributed by atoms with Crippen molar-refractivity contribution in [2.24, 2.45) is 0 Å². The van der Waals surface area contributed by atoms with Crippen LogP contribution < -0.4 is 10.1 Å². The van der Waals surface area contributed by atoms with E-state index in [1.165, 1.54) is 16.0 Å². The molecule has 3 aromatic rings. The Hall–Kier alpha value is -2.33. The molecular weight excluding hydrogens is 316 g/mol. The van der Waals surface area contributed by atoms with Crippen molar-refractivity contribution in [1.82, 2.24) is 4.98 Å². The Morgan fingerprint density at radius 1 is 1.08 bits per heavy atom. The van der Waals surface area contributed by atoms with Gasteiger partial charge in [-0.3, -0.25) is 0 Å². The van der Waals surface area contributed by atoms with Gasteiger partial charge in [-0.05, 0) is 25.0 Å². The molecule has 0 radical (unpaired) electrons. The summed E-state index contributed by atoms with van der Waals surface area (Å²) >= 11 is 1.69. The molecule has 2 aromatic carbocycles. The number of thiazole rings is 1. The van der Waals surface area contributed by atoms with Crippen molar-refractivity contribution >= 4 is 16.5 Å². The van der Waals surface area contributed by atoms with Gasteiger partial charge in [0.15, 0.2) is 5.13 Å². The van der Waals surface area contributed by atoms with Crippen molar-refractivity contribution in [3.05, 3.63) is 64.5 Å². The summed E-state index contributed by atoms with van der Waals surface area (Å²) in [5, 5.41) is 4.35. The molecule has 0 bridgehead atoms. The van der Waals surface area contributed by atoms with E-state index in [9.17, 15) is 0 Å². The summed E-state index contributed by atoms with van der Waals surface area (Å²) in [6, 6.07) is 16.7. The summed E-state index contributed by atoms with van der Waals surface area (Å²) in [5.41, 5.74) is 4.71. The molecule has 0 aliphatic rings. The first-order chi connectivity index (χ1) is 11.7.